The third kappa shape index (κ3) is 2.24. The topological polar surface area (TPSA) is 73.2 Å². The Balaban J connectivity index is 2.33. The fourth-order valence-corrected chi connectivity index (χ4v) is 1.67. The standard InChI is InChI=1S/C12H15N3O2/c1-16-10-4-3-8(5-11(10)17-2)12(13)9-6-14-15-7-9/h3-7,12H,13H2,1-2H3,(H,14,15). The van der Waals surface area contributed by atoms with E-state index in [1.807, 2.05) is 18.2 Å². The zero-order valence-corrected chi connectivity index (χ0v) is 9.81. The van der Waals surface area contributed by atoms with Crippen molar-refractivity contribution in [3.8, 4) is 11.5 Å². The molecule has 5 nitrogen and oxygen atoms in total. The number of nitrogens with two attached hydrogens (primary N) is 1. The van der Waals surface area contributed by atoms with Gasteiger partial charge in [0.25, 0.3) is 0 Å². The Bertz CT molecular complexity index is 483. The van der Waals surface area contributed by atoms with E-state index in [9.17, 15) is 0 Å². The first-order chi connectivity index (χ1) is 8.26. The highest BCUT2D eigenvalue weighted by Crippen LogP contribution is 2.30. The van der Waals surface area contributed by atoms with Crippen LogP contribution < -0.4 is 15.2 Å². The van der Waals surface area contributed by atoms with Crippen molar-refractivity contribution in [2.45, 2.75) is 6.04 Å². The van der Waals surface area contributed by atoms with Crippen molar-refractivity contribution >= 4 is 0 Å². The molecule has 0 aliphatic carbocycles. The molecular formula is C12H15N3O2. The van der Waals surface area contributed by atoms with Crippen molar-refractivity contribution in [2.24, 2.45) is 5.73 Å². The van der Waals surface area contributed by atoms with Crippen LogP contribution in [0.4, 0.5) is 0 Å². The highest BCUT2D eigenvalue weighted by Gasteiger charge is 2.12. The lowest BCUT2D eigenvalue weighted by atomic mass is 10.0. The third-order valence-corrected chi connectivity index (χ3v) is 2.65. The molecule has 0 amide bonds. The summed E-state index contributed by atoms with van der Waals surface area (Å²) in [7, 11) is 3.21. The molecule has 0 radical (unpaired) electrons. The minimum Gasteiger partial charge on any atom is -0.493 e. The highest BCUT2D eigenvalue weighted by molar-refractivity contribution is 5.45. The SMILES string of the molecule is COc1ccc(C(N)c2cn[nH]c2)cc1OC. The van der Waals surface area contributed by atoms with Gasteiger partial charge in [0.15, 0.2) is 11.5 Å². The maximum Gasteiger partial charge on any atom is 0.161 e. The summed E-state index contributed by atoms with van der Waals surface area (Å²) in [6, 6.07) is 5.40. The Hall–Kier alpha value is -2.01. The van der Waals surface area contributed by atoms with Gasteiger partial charge in [0.05, 0.1) is 26.5 Å². The molecular weight excluding hydrogens is 218 g/mol. The van der Waals surface area contributed by atoms with Crippen LogP contribution in [0.25, 0.3) is 0 Å². The van der Waals surface area contributed by atoms with Crippen LogP contribution in [-0.4, -0.2) is 24.4 Å². The molecule has 3 N–H and O–H groups in total. The highest BCUT2D eigenvalue weighted by atomic mass is 16.5. The van der Waals surface area contributed by atoms with Crippen molar-refractivity contribution in [3.63, 3.8) is 0 Å². The molecule has 0 fully saturated rings. The maximum atomic E-state index is 6.12. The predicted octanol–water partition coefficient (Wildman–Crippen LogP) is 1.47. The van der Waals surface area contributed by atoms with E-state index in [4.69, 9.17) is 15.2 Å². The molecule has 1 unspecified atom stereocenters. The molecule has 1 heterocycles. The van der Waals surface area contributed by atoms with Crippen molar-refractivity contribution in [1.29, 1.82) is 0 Å². The lowest BCUT2D eigenvalue weighted by molar-refractivity contribution is 0.354. The van der Waals surface area contributed by atoms with E-state index in [1.165, 1.54) is 0 Å². The molecule has 0 spiro atoms. The van der Waals surface area contributed by atoms with E-state index in [2.05, 4.69) is 10.2 Å². The van der Waals surface area contributed by atoms with E-state index in [0.29, 0.717) is 11.5 Å². The summed E-state index contributed by atoms with van der Waals surface area (Å²) < 4.78 is 10.4. The number of hydrogen-bond acceptors (Lipinski definition) is 4. The predicted molar refractivity (Wildman–Crippen MR) is 64.2 cm³/mol. The monoisotopic (exact) mass is 233 g/mol. The number of methoxy groups -OCH3 is 2. The van der Waals surface area contributed by atoms with Gasteiger partial charge in [0.2, 0.25) is 0 Å². The Morgan fingerprint density at radius 3 is 2.53 bits per heavy atom. The maximum absolute atomic E-state index is 6.12. The van der Waals surface area contributed by atoms with Crippen LogP contribution in [0.1, 0.15) is 17.2 Å². The number of aromatic nitrogens is 2. The lowest BCUT2D eigenvalue weighted by Gasteiger charge is -2.13. The molecule has 1 atom stereocenters. The Morgan fingerprint density at radius 1 is 1.18 bits per heavy atom. The summed E-state index contributed by atoms with van der Waals surface area (Å²) >= 11 is 0. The Kier molecular flexibility index (Phi) is 3.30. The lowest BCUT2D eigenvalue weighted by Crippen LogP contribution is -2.11. The molecule has 0 aliphatic heterocycles. The van der Waals surface area contributed by atoms with E-state index in [-0.39, 0.29) is 6.04 Å². The average Bonchev–Trinajstić information content (AvgIpc) is 2.90. The van der Waals surface area contributed by atoms with Gasteiger partial charge < -0.3 is 15.2 Å². The number of ether oxygens (including phenoxy) is 2. The van der Waals surface area contributed by atoms with Gasteiger partial charge in [0, 0.05) is 11.8 Å². The quantitative estimate of drug-likeness (QED) is 0.838. The van der Waals surface area contributed by atoms with Crippen molar-refractivity contribution in [1.82, 2.24) is 10.2 Å². The van der Waals surface area contributed by atoms with Crippen LogP contribution in [-0.2, 0) is 0 Å². The van der Waals surface area contributed by atoms with Crippen molar-refractivity contribution in [2.75, 3.05) is 14.2 Å². The number of aromatic amines is 1. The van der Waals surface area contributed by atoms with Gasteiger partial charge in [-0.05, 0) is 17.7 Å². The summed E-state index contributed by atoms with van der Waals surface area (Å²) in [5.41, 5.74) is 8.00. The van der Waals surface area contributed by atoms with E-state index in [0.717, 1.165) is 11.1 Å². The van der Waals surface area contributed by atoms with E-state index in [1.54, 1.807) is 26.6 Å². The van der Waals surface area contributed by atoms with Gasteiger partial charge in [-0.2, -0.15) is 5.10 Å². The first kappa shape index (κ1) is 11.5. The molecule has 1 aromatic carbocycles. The fourth-order valence-electron chi connectivity index (χ4n) is 1.67. The zero-order valence-electron chi connectivity index (χ0n) is 9.81. The second kappa shape index (κ2) is 4.88. The molecule has 2 aromatic rings. The van der Waals surface area contributed by atoms with E-state index < -0.39 is 0 Å². The summed E-state index contributed by atoms with van der Waals surface area (Å²) in [4.78, 5) is 0. The number of hydrogen-bond donors (Lipinski definition) is 2. The minimum atomic E-state index is -0.228. The first-order valence-corrected chi connectivity index (χ1v) is 5.22. The van der Waals surface area contributed by atoms with E-state index >= 15 is 0 Å². The molecule has 2 rings (SSSR count). The second-order valence-corrected chi connectivity index (χ2v) is 3.62. The van der Waals surface area contributed by atoms with Gasteiger partial charge >= 0.3 is 0 Å². The number of H-pyrrole nitrogens is 1. The number of nitrogens with zero attached hydrogens (tertiary/aromatic N) is 1. The average molecular weight is 233 g/mol. The van der Waals surface area contributed by atoms with Crippen molar-refractivity contribution < 1.29 is 9.47 Å². The minimum absolute atomic E-state index is 0.228. The van der Waals surface area contributed by atoms with Crippen LogP contribution >= 0.6 is 0 Å². The molecule has 0 bridgehead atoms. The first-order valence-electron chi connectivity index (χ1n) is 5.22. The van der Waals surface area contributed by atoms with Crippen LogP contribution in [0, 0.1) is 0 Å². The van der Waals surface area contributed by atoms with Gasteiger partial charge in [-0.3, -0.25) is 5.10 Å². The van der Waals surface area contributed by atoms with Crippen LogP contribution in [0.3, 0.4) is 0 Å². The largest absolute Gasteiger partial charge is 0.493 e. The van der Waals surface area contributed by atoms with Gasteiger partial charge in [-0.1, -0.05) is 6.07 Å². The number of benzene rings is 1. The van der Waals surface area contributed by atoms with Crippen LogP contribution in [0.2, 0.25) is 0 Å². The molecule has 17 heavy (non-hydrogen) atoms. The van der Waals surface area contributed by atoms with Crippen LogP contribution in [0.15, 0.2) is 30.6 Å². The molecule has 0 saturated heterocycles. The fraction of sp³-hybridized carbons (Fsp3) is 0.250. The number of rotatable bonds is 4. The summed E-state index contributed by atoms with van der Waals surface area (Å²) in [5.74, 6) is 1.36. The molecule has 5 heteroatoms. The van der Waals surface area contributed by atoms with Crippen molar-refractivity contribution in [3.05, 3.63) is 41.7 Å². The van der Waals surface area contributed by atoms with Gasteiger partial charge in [-0.15, -0.1) is 0 Å². The summed E-state index contributed by atoms with van der Waals surface area (Å²) in [6.45, 7) is 0. The summed E-state index contributed by atoms with van der Waals surface area (Å²) in [5, 5.41) is 6.63. The summed E-state index contributed by atoms with van der Waals surface area (Å²) in [6.07, 6.45) is 3.49. The molecule has 1 aromatic heterocycles. The zero-order chi connectivity index (χ0) is 12.3. The smallest absolute Gasteiger partial charge is 0.161 e. The molecule has 0 saturated carbocycles. The Morgan fingerprint density at radius 2 is 1.94 bits per heavy atom. The Labute approximate surface area is 99.5 Å². The molecule has 0 aliphatic rings. The van der Waals surface area contributed by atoms with Gasteiger partial charge in [-0.25, -0.2) is 0 Å². The second-order valence-electron chi connectivity index (χ2n) is 3.62. The van der Waals surface area contributed by atoms with Gasteiger partial charge in [0.1, 0.15) is 0 Å². The number of nitrogens with one attached hydrogen (secondary N) is 1. The molecule has 90 valence electrons. The normalized spacial score (nSPS) is 12.2. The van der Waals surface area contributed by atoms with Crippen LogP contribution in [0.5, 0.6) is 11.5 Å². The third-order valence-electron chi connectivity index (χ3n) is 2.65.